The van der Waals surface area contributed by atoms with Crippen LogP contribution in [0.15, 0.2) is 47.4 Å². The molecule has 2 aliphatic rings. The van der Waals surface area contributed by atoms with Crippen LogP contribution < -0.4 is 9.47 Å². The van der Waals surface area contributed by atoms with E-state index in [4.69, 9.17) is 9.47 Å². The minimum absolute atomic E-state index is 0.126. The number of ether oxygens (including phenoxy) is 2. The average Bonchev–Trinajstić information content (AvgIpc) is 2.82. The Morgan fingerprint density at radius 1 is 1.12 bits per heavy atom. The first-order valence-corrected chi connectivity index (χ1v) is 12.3. The third-order valence-corrected chi connectivity index (χ3v) is 7.69. The van der Waals surface area contributed by atoms with Gasteiger partial charge in [-0.1, -0.05) is 18.6 Å². The molecule has 0 saturated carbocycles. The highest BCUT2D eigenvalue weighted by atomic mass is 32.2. The molecule has 0 aliphatic carbocycles. The molecule has 1 amide bonds. The maximum Gasteiger partial charge on any atom is 0.254 e. The van der Waals surface area contributed by atoms with E-state index in [0.717, 1.165) is 31.4 Å². The van der Waals surface area contributed by atoms with Crippen LogP contribution in [0.2, 0.25) is 0 Å². The van der Waals surface area contributed by atoms with Gasteiger partial charge in [0.2, 0.25) is 10.0 Å². The molecule has 32 heavy (non-hydrogen) atoms. The number of benzene rings is 2. The molecular formula is C23H27FN2O5S. The van der Waals surface area contributed by atoms with Crippen molar-refractivity contribution in [1.82, 2.24) is 9.21 Å². The number of hydrogen-bond donors (Lipinski definition) is 0. The highest BCUT2D eigenvalue weighted by molar-refractivity contribution is 7.89. The van der Waals surface area contributed by atoms with E-state index in [1.807, 2.05) is 25.1 Å². The summed E-state index contributed by atoms with van der Waals surface area (Å²) in [7, 11) is -4.00. The van der Waals surface area contributed by atoms with Crippen LogP contribution in [-0.2, 0) is 10.0 Å². The summed E-state index contributed by atoms with van der Waals surface area (Å²) in [4.78, 5) is 14.3. The lowest BCUT2D eigenvalue weighted by molar-refractivity contribution is 0.0474. The zero-order valence-corrected chi connectivity index (χ0v) is 18.8. The number of fused-ring (bicyclic) bond motifs is 1. The Morgan fingerprint density at radius 3 is 2.56 bits per heavy atom. The number of nitrogens with zero attached hydrogens (tertiary/aromatic N) is 2. The first-order chi connectivity index (χ1) is 15.4. The van der Waals surface area contributed by atoms with Crippen molar-refractivity contribution in [2.45, 2.75) is 37.2 Å². The molecule has 7 nitrogen and oxygen atoms in total. The molecule has 0 radical (unpaired) electrons. The van der Waals surface area contributed by atoms with Gasteiger partial charge in [0.05, 0.1) is 6.54 Å². The third kappa shape index (κ3) is 4.59. The number of para-hydroxylation sites is 2. The Bertz CT molecular complexity index is 1090. The lowest BCUT2D eigenvalue weighted by atomic mass is 10.1. The third-order valence-electron chi connectivity index (χ3n) is 5.77. The van der Waals surface area contributed by atoms with Crippen molar-refractivity contribution in [3.05, 3.63) is 53.8 Å². The molecule has 0 N–H and O–H groups in total. The minimum Gasteiger partial charge on any atom is -0.486 e. The second kappa shape index (κ2) is 9.46. The summed E-state index contributed by atoms with van der Waals surface area (Å²) in [6.07, 6.45) is 2.08. The second-order valence-corrected chi connectivity index (χ2v) is 9.86. The summed E-state index contributed by atoms with van der Waals surface area (Å²) in [6.45, 7) is 3.48. The first-order valence-electron chi connectivity index (χ1n) is 10.9. The first kappa shape index (κ1) is 22.5. The van der Waals surface area contributed by atoms with Crippen LogP contribution in [0.3, 0.4) is 0 Å². The van der Waals surface area contributed by atoms with Gasteiger partial charge in [-0.2, -0.15) is 4.31 Å². The van der Waals surface area contributed by atoms with E-state index >= 15 is 0 Å². The molecule has 4 rings (SSSR count). The average molecular weight is 463 g/mol. The van der Waals surface area contributed by atoms with Gasteiger partial charge >= 0.3 is 0 Å². The monoisotopic (exact) mass is 462 g/mol. The normalized spacial score (nSPS) is 18.9. The zero-order chi connectivity index (χ0) is 22.7. The number of carbonyl (C=O) groups excluding carboxylic acids is 1. The topological polar surface area (TPSA) is 76.1 Å². The number of rotatable bonds is 6. The number of hydrogen-bond acceptors (Lipinski definition) is 5. The fourth-order valence-corrected chi connectivity index (χ4v) is 5.62. The lowest BCUT2D eigenvalue weighted by Gasteiger charge is -2.31. The number of sulfonamides is 1. The highest BCUT2D eigenvalue weighted by Crippen LogP contribution is 2.31. The van der Waals surface area contributed by atoms with E-state index in [9.17, 15) is 17.6 Å². The van der Waals surface area contributed by atoms with Gasteiger partial charge < -0.3 is 14.4 Å². The number of amides is 1. The Kier molecular flexibility index (Phi) is 6.66. The Balaban J connectivity index is 1.52. The maximum absolute atomic E-state index is 14.5. The molecular weight excluding hydrogens is 435 g/mol. The van der Waals surface area contributed by atoms with Crippen LogP contribution in [0.5, 0.6) is 11.5 Å². The van der Waals surface area contributed by atoms with E-state index < -0.39 is 20.7 Å². The SMILES string of the molecule is CCN(CC1COc2ccccc2O1)C(=O)c1ccc(F)c(S(=O)(=O)N2CCCCC2)c1. The predicted molar refractivity (Wildman–Crippen MR) is 117 cm³/mol. The van der Waals surface area contributed by atoms with Crippen molar-refractivity contribution in [3.63, 3.8) is 0 Å². The summed E-state index contributed by atoms with van der Waals surface area (Å²) in [5.41, 5.74) is 0.126. The van der Waals surface area contributed by atoms with Crippen LogP contribution in [0, 0.1) is 5.82 Å². The van der Waals surface area contributed by atoms with Gasteiger partial charge in [0.1, 0.15) is 17.3 Å². The number of carbonyl (C=O) groups is 1. The van der Waals surface area contributed by atoms with E-state index in [-0.39, 0.29) is 24.1 Å². The van der Waals surface area contributed by atoms with Crippen LogP contribution >= 0.6 is 0 Å². The van der Waals surface area contributed by atoms with Gasteiger partial charge in [0.25, 0.3) is 5.91 Å². The summed E-state index contributed by atoms with van der Waals surface area (Å²) in [5.74, 6) is 0.0361. The molecule has 2 aliphatic heterocycles. The number of halogens is 1. The van der Waals surface area contributed by atoms with Gasteiger partial charge in [-0.15, -0.1) is 0 Å². The van der Waals surface area contributed by atoms with E-state index in [2.05, 4.69) is 0 Å². The lowest BCUT2D eigenvalue weighted by Crippen LogP contribution is -2.43. The Labute approximate surface area is 187 Å². The van der Waals surface area contributed by atoms with Crippen molar-refractivity contribution >= 4 is 15.9 Å². The molecule has 2 aromatic rings. The largest absolute Gasteiger partial charge is 0.486 e. The van der Waals surface area contributed by atoms with E-state index in [0.29, 0.717) is 37.7 Å². The van der Waals surface area contributed by atoms with Gasteiger partial charge in [0.15, 0.2) is 17.6 Å². The summed E-state index contributed by atoms with van der Waals surface area (Å²) in [5, 5.41) is 0. The van der Waals surface area contributed by atoms with Crippen molar-refractivity contribution in [2.24, 2.45) is 0 Å². The summed E-state index contributed by atoms with van der Waals surface area (Å²) >= 11 is 0. The summed E-state index contributed by atoms with van der Waals surface area (Å²) in [6, 6.07) is 10.8. The Morgan fingerprint density at radius 2 is 1.84 bits per heavy atom. The van der Waals surface area contributed by atoms with Crippen LogP contribution in [0.25, 0.3) is 0 Å². The molecule has 2 aromatic carbocycles. The standard InChI is InChI=1S/C23H27FN2O5S/c1-2-25(15-18-16-30-20-8-4-5-9-21(20)31-18)23(27)17-10-11-19(24)22(14-17)32(28,29)26-12-6-3-7-13-26/h4-5,8-11,14,18H,2-3,6-7,12-13,15-16H2,1H3. The quantitative estimate of drug-likeness (QED) is 0.659. The van der Waals surface area contributed by atoms with Crippen LogP contribution in [0.1, 0.15) is 36.5 Å². The fraction of sp³-hybridized carbons (Fsp3) is 0.435. The molecule has 172 valence electrons. The van der Waals surface area contributed by atoms with Crippen molar-refractivity contribution in [3.8, 4) is 11.5 Å². The van der Waals surface area contributed by atoms with Gasteiger partial charge in [0, 0.05) is 25.2 Å². The molecule has 1 fully saturated rings. The van der Waals surface area contributed by atoms with Gasteiger partial charge in [-0.3, -0.25) is 4.79 Å². The molecule has 2 heterocycles. The second-order valence-electron chi connectivity index (χ2n) is 7.95. The molecule has 9 heteroatoms. The van der Waals surface area contributed by atoms with Crippen LogP contribution in [0.4, 0.5) is 4.39 Å². The Hall–Kier alpha value is -2.65. The smallest absolute Gasteiger partial charge is 0.254 e. The molecule has 1 unspecified atom stereocenters. The molecule has 0 bridgehead atoms. The number of piperidine rings is 1. The van der Waals surface area contributed by atoms with Gasteiger partial charge in [-0.25, -0.2) is 12.8 Å². The van der Waals surface area contributed by atoms with Crippen molar-refractivity contribution in [2.75, 3.05) is 32.8 Å². The molecule has 0 spiro atoms. The molecule has 1 atom stereocenters. The fourth-order valence-electron chi connectivity index (χ4n) is 4.02. The highest BCUT2D eigenvalue weighted by Gasteiger charge is 2.31. The minimum atomic E-state index is -4.00. The van der Waals surface area contributed by atoms with Crippen molar-refractivity contribution < 1.29 is 27.1 Å². The van der Waals surface area contributed by atoms with Crippen LogP contribution in [-0.4, -0.2) is 62.4 Å². The van der Waals surface area contributed by atoms with Crippen molar-refractivity contribution in [1.29, 1.82) is 0 Å². The molecule has 0 aromatic heterocycles. The molecule has 1 saturated heterocycles. The van der Waals surface area contributed by atoms with E-state index in [1.165, 1.54) is 10.4 Å². The maximum atomic E-state index is 14.5. The number of likely N-dealkylation sites (N-methyl/N-ethyl adjacent to an activating group) is 1. The zero-order valence-electron chi connectivity index (χ0n) is 18.0. The predicted octanol–water partition coefficient (Wildman–Crippen LogP) is 3.30. The van der Waals surface area contributed by atoms with E-state index in [1.54, 1.807) is 11.0 Å². The summed E-state index contributed by atoms with van der Waals surface area (Å²) < 4.78 is 53.4. The van der Waals surface area contributed by atoms with Gasteiger partial charge in [-0.05, 0) is 50.1 Å².